The topological polar surface area (TPSA) is 15.3 Å². The molecule has 2 atom stereocenters. The van der Waals surface area contributed by atoms with Gasteiger partial charge in [0.05, 0.1) is 5.92 Å². The van der Waals surface area contributed by atoms with E-state index in [-0.39, 0.29) is 24.5 Å². The highest BCUT2D eigenvalue weighted by atomic mass is 19.4. The molecule has 0 aromatic carbocycles. The van der Waals surface area contributed by atoms with Crippen molar-refractivity contribution >= 4 is 0 Å². The number of halogens is 3. The minimum atomic E-state index is -4.05. The maximum atomic E-state index is 12.8. The summed E-state index contributed by atoms with van der Waals surface area (Å²) in [6.45, 7) is 9.98. The molecule has 0 aliphatic carbocycles. The fourth-order valence-corrected chi connectivity index (χ4v) is 2.56. The van der Waals surface area contributed by atoms with Crippen molar-refractivity contribution in [3.8, 4) is 0 Å². The highest BCUT2D eigenvalue weighted by Gasteiger charge is 2.42. The zero-order chi connectivity index (χ0) is 14.7. The van der Waals surface area contributed by atoms with Gasteiger partial charge in [-0.25, -0.2) is 0 Å². The highest BCUT2D eigenvalue weighted by Crippen LogP contribution is 2.33. The molecule has 2 unspecified atom stereocenters. The van der Waals surface area contributed by atoms with Crippen LogP contribution in [-0.2, 0) is 0 Å². The van der Waals surface area contributed by atoms with Gasteiger partial charge in [-0.1, -0.05) is 6.92 Å². The average molecular weight is 280 g/mol. The molecule has 0 aromatic heterocycles. The standard InChI is InChI=1S/C14H27F3N2/c1-5-12(9-18-13(2,3)4)19-8-6-7-11(10-19)14(15,16)17/h11-12,18H,5-10H2,1-4H3. The van der Waals surface area contributed by atoms with Crippen LogP contribution >= 0.6 is 0 Å². The normalized spacial score (nSPS) is 24.5. The summed E-state index contributed by atoms with van der Waals surface area (Å²) >= 11 is 0. The molecule has 19 heavy (non-hydrogen) atoms. The van der Waals surface area contributed by atoms with Crippen LogP contribution in [0.5, 0.6) is 0 Å². The molecule has 1 aliphatic rings. The molecule has 0 saturated carbocycles. The summed E-state index contributed by atoms with van der Waals surface area (Å²) in [6, 6.07) is 0.198. The molecule has 1 fully saturated rings. The Balaban J connectivity index is 2.56. The van der Waals surface area contributed by atoms with Crippen molar-refractivity contribution < 1.29 is 13.2 Å². The summed E-state index contributed by atoms with van der Waals surface area (Å²) in [5.74, 6) is -1.15. The number of nitrogens with zero attached hydrogens (tertiary/aromatic N) is 1. The van der Waals surface area contributed by atoms with Crippen molar-refractivity contribution in [3.63, 3.8) is 0 Å². The second kappa shape index (κ2) is 6.44. The fraction of sp³-hybridized carbons (Fsp3) is 1.00. The fourth-order valence-electron chi connectivity index (χ4n) is 2.56. The summed E-state index contributed by atoms with van der Waals surface area (Å²) in [4.78, 5) is 2.01. The lowest BCUT2D eigenvalue weighted by molar-refractivity contribution is -0.188. The van der Waals surface area contributed by atoms with Crippen LogP contribution < -0.4 is 5.32 Å². The third-order valence-electron chi connectivity index (χ3n) is 3.77. The second-order valence-corrected chi connectivity index (χ2v) is 6.57. The van der Waals surface area contributed by atoms with Gasteiger partial charge in [-0.3, -0.25) is 4.90 Å². The number of rotatable bonds is 4. The first-order valence-corrected chi connectivity index (χ1v) is 7.19. The van der Waals surface area contributed by atoms with E-state index in [2.05, 4.69) is 26.1 Å². The van der Waals surface area contributed by atoms with Crippen molar-refractivity contribution in [3.05, 3.63) is 0 Å². The van der Waals surface area contributed by atoms with E-state index in [9.17, 15) is 13.2 Å². The van der Waals surface area contributed by atoms with Crippen molar-refractivity contribution in [1.82, 2.24) is 10.2 Å². The van der Waals surface area contributed by atoms with E-state index in [1.165, 1.54) is 0 Å². The Bertz CT molecular complexity index is 271. The van der Waals surface area contributed by atoms with Crippen LogP contribution in [0.2, 0.25) is 0 Å². The van der Waals surface area contributed by atoms with Gasteiger partial charge in [-0.15, -0.1) is 0 Å². The molecule has 114 valence electrons. The van der Waals surface area contributed by atoms with Gasteiger partial charge in [-0.05, 0) is 46.6 Å². The van der Waals surface area contributed by atoms with Gasteiger partial charge in [0.1, 0.15) is 0 Å². The lowest BCUT2D eigenvalue weighted by atomic mass is 9.95. The number of hydrogen-bond acceptors (Lipinski definition) is 2. The minimum Gasteiger partial charge on any atom is -0.311 e. The van der Waals surface area contributed by atoms with Crippen LogP contribution in [0.1, 0.15) is 47.0 Å². The smallest absolute Gasteiger partial charge is 0.311 e. The van der Waals surface area contributed by atoms with Gasteiger partial charge in [0.15, 0.2) is 0 Å². The lowest BCUT2D eigenvalue weighted by Crippen LogP contribution is -2.52. The Morgan fingerprint density at radius 2 is 1.89 bits per heavy atom. The SMILES string of the molecule is CCC(CNC(C)(C)C)N1CCCC(C(F)(F)F)C1. The quantitative estimate of drug-likeness (QED) is 0.849. The van der Waals surface area contributed by atoms with Crippen LogP contribution in [0.3, 0.4) is 0 Å². The monoisotopic (exact) mass is 280 g/mol. The Morgan fingerprint density at radius 1 is 1.26 bits per heavy atom. The predicted octanol–water partition coefficient (Wildman–Crippen LogP) is 3.43. The maximum Gasteiger partial charge on any atom is 0.393 e. The Morgan fingerprint density at radius 3 is 2.37 bits per heavy atom. The first-order valence-electron chi connectivity index (χ1n) is 7.19. The van der Waals surface area contributed by atoms with E-state index in [0.29, 0.717) is 6.42 Å². The third kappa shape index (κ3) is 5.69. The Hall–Kier alpha value is -0.290. The Labute approximate surface area is 114 Å². The molecular formula is C14H27F3N2. The van der Waals surface area contributed by atoms with Crippen LogP contribution in [0.25, 0.3) is 0 Å². The lowest BCUT2D eigenvalue weighted by Gasteiger charge is -2.39. The van der Waals surface area contributed by atoms with Gasteiger partial charge >= 0.3 is 6.18 Å². The molecule has 0 amide bonds. The molecule has 0 spiro atoms. The number of nitrogens with one attached hydrogen (secondary N) is 1. The minimum absolute atomic E-state index is 0.00658. The van der Waals surface area contributed by atoms with Gasteiger partial charge in [0.25, 0.3) is 0 Å². The van der Waals surface area contributed by atoms with Crippen LogP contribution in [0.15, 0.2) is 0 Å². The van der Waals surface area contributed by atoms with E-state index >= 15 is 0 Å². The number of likely N-dealkylation sites (tertiary alicyclic amines) is 1. The molecular weight excluding hydrogens is 253 g/mol. The number of alkyl halides is 3. The molecule has 2 nitrogen and oxygen atoms in total. The zero-order valence-electron chi connectivity index (χ0n) is 12.5. The molecule has 0 radical (unpaired) electrons. The third-order valence-corrected chi connectivity index (χ3v) is 3.77. The summed E-state index contributed by atoms with van der Waals surface area (Å²) in [5, 5.41) is 3.40. The van der Waals surface area contributed by atoms with Crippen molar-refractivity contribution in [2.24, 2.45) is 5.92 Å². The largest absolute Gasteiger partial charge is 0.393 e. The first-order chi connectivity index (χ1) is 8.63. The van der Waals surface area contributed by atoms with Crippen LogP contribution in [-0.4, -0.2) is 42.3 Å². The van der Waals surface area contributed by atoms with Crippen LogP contribution in [0, 0.1) is 5.92 Å². The molecule has 1 N–H and O–H groups in total. The Kier molecular flexibility index (Phi) is 5.68. The van der Waals surface area contributed by atoms with Gasteiger partial charge in [-0.2, -0.15) is 13.2 Å². The summed E-state index contributed by atoms with van der Waals surface area (Å²) < 4.78 is 38.4. The van der Waals surface area contributed by atoms with Crippen molar-refractivity contribution in [2.45, 2.75) is 64.7 Å². The van der Waals surface area contributed by atoms with E-state index in [1.807, 2.05) is 11.8 Å². The summed E-state index contributed by atoms with van der Waals surface area (Å²) in [5.41, 5.74) is 0.00658. The molecule has 1 aliphatic heterocycles. The number of hydrogen-bond donors (Lipinski definition) is 1. The van der Waals surface area contributed by atoms with Gasteiger partial charge in [0, 0.05) is 24.7 Å². The summed E-state index contributed by atoms with van der Waals surface area (Å²) in [7, 11) is 0. The molecule has 1 rings (SSSR count). The first kappa shape index (κ1) is 16.8. The molecule has 1 heterocycles. The van der Waals surface area contributed by atoms with Crippen LogP contribution in [0.4, 0.5) is 13.2 Å². The highest BCUT2D eigenvalue weighted by molar-refractivity contribution is 4.84. The molecule has 0 aromatic rings. The maximum absolute atomic E-state index is 12.8. The van der Waals surface area contributed by atoms with Crippen molar-refractivity contribution in [2.75, 3.05) is 19.6 Å². The van der Waals surface area contributed by atoms with E-state index in [1.54, 1.807) is 0 Å². The van der Waals surface area contributed by atoms with Crippen molar-refractivity contribution in [1.29, 1.82) is 0 Å². The predicted molar refractivity (Wildman–Crippen MR) is 72.2 cm³/mol. The van der Waals surface area contributed by atoms with Gasteiger partial charge < -0.3 is 5.32 Å². The van der Waals surface area contributed by atoms with E-state index in [4.69, 9.17) is 0 Å². The molecule has 0 bridgehead atoms. The molecule has 5 heteroatoms. The van der Waals surface area contributed by atoms with Gasteiger partial charge in [0.2, 0.25) is 0 Å². The van der Waals surface area contributed by atoms with E-state index < -0.39 is 12.1 Å². The average Bonchev–Trinajstić information content (AvgIpc) is 2.27. The number of piperidine rings is 1. The summed E-state index contributed by atoms with van der Waals surface area (Å²) in [6.07, 6.45) is -2.23. The van der Waals surface area contributed by atoms with E-state index in [0.717, 1.165) is 19.5 Å². The molecule has 1 saturated heterocycles. The zero-order valence-corrected chi connectivity index (χ0v) is 12.5. The second-order valence-electron chi connectivity index (χ2n) is 6.57.